The summed E-state index contributed by atoms with van der Waals surface area (Å²) in [5.41, 5.74) is 5.58. The molecule has 0 aromatic carbocycles. The zero-order chi connectivity index (χ0) is 14.3. The van der Waals surface area contributed by atoms with Crippen molar-refractivity contribution in [2.24, 2.45) is 5.73 Å². The third-order valence-corrected chi connectivity index (χ3v) is 4.71. The number of carbonyl (C=O) groups excluding carboxylic acids is 1. The number of hydrogen-bond acceptors (Lipinski definition) is 3. The van der Waals surface area contributed by atoms with Gasteiger partial charge in [-0.1, -0.05) is 38.5 Å². The van der Waals surface area contributed by atoms with Gasteiger partial charge in [0.2, 0.25) is 5.91 Å². The Balaban J connectivity index is 1.54. The van der Waals surface area contributed by atoms with Gasteiger partial charge in [-0.05, 0) is 32.1 Å². The number of carbonyl (C=O) groups is 1. The van der Waals surface area contributed by atoms with Crippen LogP contribution >= 0.6 is 0 Å². The molecule has 4 heteroatoms. The molecule has 2 saturated carbocycles. The third kappa shape index (κ3) is 4.74. The number of hydrogen-bond donors (Lipinski definition) is 2. The zero-order valence-electron chi connectivity index (χ0n) is 12.7. The zero-order valence-corrected chi connectivity index (χ0v) is 12.7. The summed E-state index contributed by atoms with van der Waals surface area (Å²) < 4.78 is 5.85. The molecule has 2 aliphatic carbocycles. The van der Waals surface area contributed by atoms with Crippen molar-refractivity contribution < 1.29 is 9.53 Å². The van der Waals surface area contributed by atoms with E-state index in [0.717, 1.165) is 38.7 Å². The van der Waals surface area contributed by atoms with Gasteiger partial charge in [-0.25, -0.2) is 0 Å². The summed E-state index contributed by atoms with van der Waals surface area (Å²) in [6, 6.07) is 0. The number of amides is 1. The van der Waals surface area contributed by atoms with Crippen LogP contribution < -0.4 is 11.1 Å². The smallest absolute Gasteiger partial charge is 0.240 e. The maximum absolute atomic E-state index is 12.1. The average molecular weight is 282 g/mol. The SMILES string of the molecule is NC1(C(=O)NCCCOC2CCCCC2)CCCCC1. The van der Waals surface area contributed by atoms with E-state index in [-0.39, 0.29) is 5.91 Å². The number of nitrogens with one attached hydrogen (secondary N) is 1. The van der Waals surface area contributed by atoms with Crippen molar-refractivity contribution in [2.45, 2.75) is 82.3 Å². The Hall–Kier alpha value is -0.610. The molecule has 0 saturated heterocycles. The number of rotatable bonds is 6. The fourth-order valence-electron chi connectivity index (χ4n) is 3.34. The quantitative estimate of drug-likeness (QED) is 0.736. The molecule has 0 aromatic heterocycles. The molecule has 0 heterocycles. The molecule has 0 unspecified atom stereocenters. The van der Waals surface area contributed by atoms with Crippen LogP contribution in [0.25, 0.3) is 0 Å². The van der Waals surface area contributed by atoms with E-state index < -0.39 is 5.54 Å². The summed E-state index contributed by atoms with van der Waals surface area (Å²) in [5, 5.41) is 2.99. The number of ether oxygens (including phenoxy) is 1. The topological polar surface area (TPSA) is 64.4 Å². The van der Waals surface area contributed by atoms with Gasteiger partial charge in [0.1, 0.15) is 0 Å². The molecule has 0 aromatic rings. The van der Waals surface area contributed by atoms with Crippen LogP contribution in [-0.2, 0) is 9.53 Å². The van der Waals surface area contributed by atoms with Crippen molar-refractivity contribution in [1.82, 2.24) is 5.32 Å². The number of nitrogens with two attached hydrogens (primary N) is 1. The van der Waals surface area contributed by atoms with E-state index in [4.69, 9.17) is 10.5 Å². The Labute approximate surface area is 122 Å². The van der Waals surface area contributed by atoms with Crippen LogP contribution in [0, 0.1) is 0 Å². The molecule has 0 radical (unpaired) electrons. The molecular formula is C16H30N2O2. The summed E-state index contributed by atoms with van der Waals surface area (Å²) in [6.45, 7) is 1.44. The van der Waals surface area contributed by atoms with E-state index in [1.165, 1.54) is 38.5 Å². The van der Waals surface area contributed by atoms with Crippen LogP contribution in [0.15, 0.2) is 0 Å². The van der Waals surface area contributed by atoms with Gasteiger partial charge in [0.15, 0.2) is 0 Å². The summed E-state index contributed by atoms with van der Waals surface area (Å²) in [7, 11) is 0. The molecule has 2 rings (SSSR count). The van der Waals surface area contributed by atoms with Crippen molar-refractivity contribution in [2.75, 3.05) is 13.2 Å². The molecule has 20 heavy (non-hydrogen) atoms. The second-order valence-corrected chi connectivity index (χ2v) is 6.46. The molecule has 0 bridgehead atoms. The first-order valence-corrected chi connectivity index (χ1v) is 8.39. The predicted octanol–water partition coefficient (Wildman–Crippen LogP) is 2.50. The summed E-state index contributed by atoms with van der Waals surface area (Å²) >= 11 is 0. The highest BCUT2D eigenvalue weighted by Gasteiger charge is 2.34. The van der Waals surface area contributed by atoms with Gasteiger partial charge in [0, 0.05) is 13.2 Å². The summed E-state index contributed by atoms with van der Waals surface area (Å²) in [6.07, 6.45) is 12.7. The van der Waals surface area contributed by atoms with Crippen molar-refractivity contribution in [3.05, 3.63) is 0 Å². The van der Waals surface area contributed by atoms with Gasteiger partial charge in [-0.15, -0.1) is 0 Å². The first kappa shape index (κ1) is 15.8. The van der Waals surface area contributed by atoms with Crippen molar-refractivity contribution in [3.63, 3.8) is 0 Å². The van der Waals surface area contributed by atoms with E-state index in [2.05, 4.69) is 5.32 Å². The second-order valence-electron chi connectivity index (χ2n) is 6.46. The van der Waals surface area contributed by atoms with E-state index in [1.807, 2.05) is 0 Å². The first-order valence-electron chi connectivity index (χ1n) is 8.39. The second kappa shape index (κ2) is 7.99. The monoisotopic (exact) mass is 282 g/mol. The molecule has 0 atom stereocenters. The lowest BCUT2D eigenvalue weighted by Crippen LogP contribution is -2.55. The van der Waals surface area contributed by atoms with Crippen molar-refractivity contribution in [1.29, 1.82) is 0 Å². The molecule has 4 nitrogen and oxygen atoms in total. The van der Waals surface area contributed by atoms with Crippen LogP contribution in [0.3, 0.4) is 0 Å². The van der Waals surface area contributed by atoms with Gasteiger partial charge in [-0.2, -0.15) is 0 Å². The van der Waals surface area contributed by atoms with Gasteiger partial charge >= 0.3 is 0 Å². The molecule has 3 N–H and O–H groups in total. The van der Waals surface area contributed by atoms with Crippen LogP contribution in [0.2, 0.25) is 0 Å². The standard InChI is InChI=1S/C16H30N2O2/c17-16(10-5-2-6-11-16)15(19)18-12-7-13-20-14-8-3-1-4-9-14/h14H,1-13,17H2,(H,18,19). The lowest BCUT2D eigenvalue weighted by atomic mass is 9.82. The predicted molar refractivity (Wildman–Crippen MR) is 80.5 cm³/mol. The molecule has 2 fully saturated rings. The molecule has 0 spiro atoms. The molecule has 2 aliphatic rings. The fourth-order valence-corrected chi connectivity index (χ4v) is 3.34. The Kier molecular flexibility index (Phi) is 6.30. The minimum absolute atomic E-state index is 0.0369. The van der Waals surface area contributed by atoms with E-state index in [1.54, 1.807) is 0 Å². The Morgan fingerprint density at radius 2 is 1.75 bits per heavy atom. The molecular weight excluding hydrogens is 252 g/mol. The van der Waals surface area contributed by atoms with Gasteiger partial charge in [0.05, 0.1) is 11.6 Å². The van der Waals surface area contributed by atoms with Crippen LogP contribution in [0.1, 0.15) is 70.6 Å². The Bertz CT molecular complexity index is 295. The summed E-state index contributed by atoms with van der Waals surface area (Å²) in [5.74, 6) is 0.0369. The largest absolute Gasteiger partial charge is 0.378 e. The maximum Gasteiger partial charge on any atom is 0.240 e. The highest BCUT2D eigenvalue weighted by molar-refractivity contribution is 5.86. The van der Waals surface area contributed by atoms with Gasteiger partial charge < -0.3 is 15.8 Å². The minimum Gasteiger partial charge on any atom is -0.378 e. The van der Waals surface area contributed by atoms with E-state index in [0.29, 0.717) is 12.6 Å². The van der Waals surface area contributed by atoms with E-state index >= 15 is 0 Å². The molecule has 1 amide bonds. The summed E-state index contributed by atoms with van der Waals surface area (Å²) in [4.78, 5) is 12.1. The van der Waals surface area contributed by atoms with Gasteiger partial charge in [0.25, 0.3) is 0 Å². The Morgan fingerprint density at radius 3 is 2.45 bits per heavy atom. The van der Waals surface area contributed by atoms with Crippen LogP contribution in [-0.4, -0.2) is 30.7 Å². The van der Waals surface area contributed by atoms with Crippen LogP contribution in [0.4, 0.5) is 0 Å². The highest BCUT2D eigenvalue weighted by Crippen LogP contribution is 2.26. The van der Waals surface area contributed by atoms with Gasteiger partial charge in [-0.3, -0.25) is 4.79 Å². The van der Waals surface area contributed by atoms with Crippen molar-refractivity contribution in [3.8, 4) is 0 Å². The lowest BCUT2D eigenvalue weighted by Gasteiger charge is -2.31. The normalized spacial score (nSPS) is 23.4. The fraction of sp³-hybridized carbons (Fsp3) is 0.938. The average Bonchev–Trinajstić information content (AvgIpc) is 2.48. The maximum atomic E-state index is 12.1. The Morgan fingerprint density at radius 1 is 1.10 bits per heavy atom. The first-order chi connectivity index (χ1) is 9.71. The van der Waals surface area contributed by atoms with Crippen LogP contribution in [0.5, 0.6) is 0 Å². The third-order valence-electron chi connectivity index (χ3n) is 4.71. The highest BCUT2D eigenvalue weighted by atomic mass is 16.5. The lowest BCUT2D eigenvalue weighted by molar-refractivity contribution is -0.127. The minimum atomic E-state index is -0.609. The molecule has 116 valence electrons. The molecule has 0 aliphatic heterocycles. The van der Waals surface area contributed by atoms with Crippen molar-refractivity contribution >= 4 is 5.91 Å². The van der Waals surface area contributed by atoms with E-state index in [9.17, 15) is 4.79 Å².